The molecule has 96 valence electrons. The van der Waals surface area contributed by atoms with Gasteiger partial charge >= 0.3 is 0 Å². The summed E-state index contributed by atoms with van der Waals surface area (Å²) in [6.45, 7) is 4.02. The molecule has 1 aromatic carbocycles. The fraction of sp³-hybridized carbons (Fsp3) is 0.154. The Balaban J connectivity index is 2.01. The number of nitrogens with one attached hydrogen (secondary N) is 2. The van der Waals surface area contributed by atoms with Crippen molar-refractivity contribution in [3.05, 3.63) is 39.6 Å². The van der Waals surface area contributed by atoms with Gasteiger partial charge in [-0.25, -0.2) is 15.0 Å². The van der Waals surface area contributed by atoms with Crippen molar-refractivity contribution in [1.29, 1.82) is 0 Å². The first kappa shape index (κ1) is 12.3. The molecule has 0 aliphatic rings. The summed E-state index contributed by atoms with van der Waals surface area (Å²) in [6.07, 6.45) is 1.55. The van der Waals surface area contributed by atoms with Crippen LogP contribution in [0.4, 0.5) is 11.5 Å². The van der Waals surface area contributed by atoms with E-state index in [1.54, 1.807) is 6.33 Å². The normalized spacial score (nSPS) is 10.9. The van der Waals surface area contributed by atoms with Crippen molar-refractivity contribution < 1.29 is 0 Å². The van der Waals surface area contributed by atoms with Gasteiger partial charge in [-0.1, -0.05) is 0 Å². The van der Waals surface area contributed by atoms with Gasteiger partial charge in [-0.2, -0.15) is 0 Å². The van der Waals surface area contributed by atoms with Gasteiger partial charge in [0.25, 0.3) is 0 Å². The van der Waals surface area contributed by atoms with Crippen molar-refractivity contribution in [3.8, 4) is 0 Å². The molecule has 19 heavy (non-hydrogen) atoms. The summed E-state index contributed by atoms with van der Waals surface area (Å²) in [5.74, 6) is 1.71. The van der Waals surface area contributed by atoms with Gasteiger partial charge in [0.15, 0.2) is 0 Å². The number of hydrogen-bond acceptors (Lipinski definition) is 4. The topological polar surface area (TPSA) is 66.5 Å². The molecule has 3 aromatic rings. The van der Waals surface area contributed by atoms with Crippen LogP contribution in [0.3, 0.4) is 0 Å². The lowest BCUT2D eigenvalue weighted by atomic mass is 10.2. The second kappa shape index (κ2) is 4.76. The van der Waals surface area contributed by atoms with Crippen LogP contribution >= 0.6 is 22.6 Å². The van der Waals surface area contributed by atoms with Gasteiger partial charge in [-0.3, -0.25) is 0 Å². The molecule has 0 aliphatic carbocycles. The lowest BCUT2D eigenvalue weighted by molar-refractivity contribution is 1.14. The van der Waals surface area contributed by atoms with Crippen molar-refractivity contribution in [1.82, 2.24) is 19.9 Å². The Morgan fingerprint density at radius 3 is 2.79 bits per heavy atom. The zero-order chi connectivity index (χ0) is 13.4. The van der Waals surface area contributed by atoms with Crippen molar-refractivity contribution in [2.45, 2.75) is 13.8 Å². The van der Waals surface area contributed by atoms with E-state index in [1.165, 1.54) is 0 Å². The summed E-state index contributed by atoms with van der Waals surface area (Å²) in [5.41, 5.74) is 4.18. The van der Waals surface area contributed by atoms with Gasteiger partial charge < -0.3 is 10.3 Å². The quantitative estimate of drug-likeness (QED) is 0.540. The molecule has 0 saturated heterocycles. The molecule has 2 aromatic heterocycles. The van der Waals surface area contributed by atoms with Crippen molar-refractivity contribution in [2.75, 3.05) is 5.32 Å². The average molecular weight is 365 g/mol. The van der Waals surface area contributed by atoms with E-state index in [0.717, 1.165) is 37.6 Å². The van der Waals surface area contributed by atoms with Crippen LogP contribution in [0.5, 0.6) is 0 Å². The molecular weight excluding hydrogens is 353 g/mol. The van der Waals surface area contributed by atoms with Gasteiger partial charge in [0.05, 0.1) is 11.0 Å². The van der Waals surface area contributed by atoms with Gasteiger partial charge in [-0.05, 0) is 54.1 Å². The van der Waals surface area contributed by atoms with Crippen LogP contribution in [0.1, 0.15) is 11.4 Å². The Morgan fingerprint density at radius 1 is 1.16 bits per heavy atom. The van der Waals surface area contributed by atoms with Gasteiger partial charge in [0, 0.05) is 11.8 Å². The van der Waals surface area contributed by atoms with Crippen LogP contribution in [0.25, 0.3) is 11.0 Å². The maximum atomic E-state index is 4.46. The van der Waals surface area contributed by atoms with Crippen LogP contribution in [0.2, 0.25) is 0 Å². The Bertz CT molecular complexity index is 750. The molecule has 0 unspecified atom stereocenters. The Labute approximate surface area is 124 Å². The number of hydrogen-bond donors (Lipinski definition) is 2. The lowest BCUT2D eigenvalue weighted by Crippen LogP contribution is -1.95. The van der Waals surface area contributed by atoms with E-state index in [-0.39, 0.29) is 0 Å². The van der Waals surface area contributed by atoms with Crippen molar-refractivity contribution in [3.63, 3.8) is 0 Å². The minimum absolute atomic E-state index is 0.783. The average Bonchev–Trinajstić information content (AvgIpc) is 2.70. The number of aromatic amines is 1. The minimum atomic E-state index is 0.783. The predicted molar refractivity (Wildman–Crippen MR) is 83.6 cm³/mol. The number of benzene rings is 1. The summed E-state index contributed by atoms with van der Waals surface area (Å²) >= 11 is 2.16. The molecule has 3 rings (SSSR count). The first-order valence-electron chi connectivity index (χ1n) is 5.83. The van der Waals surface area contributed by atoms with Crippen LogP contribution in [-0.4, -0.2) is 19.9 Å². The summed E-state index contributed by atoms with van der Waals surface area (Å²) in [6, 6.07) is 5.99. The number of rotatable bonds is 2. The van der Waals surface area contributed by atoms with Gasteiger partial charge in [-0.15, -0.1) is 0 Å². The zero-order valence-electron chi connectivity index (χ0n) is 10.5. The highest BCUT2D eigenvalue weighted by molar-refractivity contribution is 14.1. The van der Waals surface area contributed by atoms with E-state index < -0.39 is 0 Å². The Morgan fingerprint density at radius 2 is 2.00 bits per heavy atom. The monoisotopic (exact) mass is 365 g/mol. The van der Waals surface area contributed by atoms with Gasteiger partial charge in [0.1, 0.15) is 21.7 Å². The van der Waals surface area contributed by atoms with E-state index in [9.17, 15) is 0 Å². The molecule has 6 heteroatoms. The van der Waals surface area contributed by atoms with E-state index in [0.29, 0.717) is 0 Å². The molecule has 0 radical (unpaired) electrons. The van der Waals surface area contributed by atoms with E-state index in [1.807, 2.05) is 19.1 Å². The molecule has 2 heterocycles. The molecule has 0 aliphatic heterocycles. The minimum Gasteiger partial charge on any atom is -0.342 e. The number of anilines is 2. The molecule has 5 nitrogen and oxygen atoms in total. The molecule has 2 N–H and O–H groups in total. The molecular formula is C13H12IN5. The van der Waals surface area contributed by atoms with Gasteiger partial charge in [0.2, 0.25) is 0 Å². The van der Waals surface area contributed by atoms with Crippen LogP contribution < -0.4 is 5.32 Å². The summed E-state index contributed by atoms with van der Waals surface area (Å²) < 4.78 is 0.906. The largest absolute Gasteiger partial charge is 0.342 e. The maximum absolute atomic E-state index is 4.46. The third-order valence-corrected chi connectivity index (χ3v) is 3.40. The summed E-state index contributed by atoms with van der Waals surface area (Å²) in [7, 11) is 0. The number of aryl methyl sites for hydroxylation is 2. The van der Waals surface area contributed by atoms with Crippen LogP contribution in [0.15, 0.2) is 24.5 Å². The summed E-state index contributed by atoms with van der Waals surface area (Å²) in [4.78, 5) is 16.0. The fourth-order valence-corrected chi connectivity index (χ4v) is 2.45. The highest BCUT2D eigenvalue weighted by atomic mass is 127. The second-order valence-electron chi connectivity index (χ2n) is 4.36. The summed E-state index contributed by atoms with van der Waals surface area (Å²) in [5, 5.41) is 3.28. The number of aromatic nitrogens is 4. The van der Waals surface area contributed by atoms with Crippen molar-refractivity contribution in [2.24, 2.45) is 0 Å². The SMILES string of the molecule is Cc1nc2cc(Nc3cc(I)ncn3)cc(C)c2[nH]1. The highest BCUT2D eigenvalue weighted by Gasteiger charge is 2.06. The number of fused-ring (bicyclic) bond motifs is 1. The van der Waals surface area contributed by atoms with E-state index in [2.05, 4.69) is 60.8 Å². The van der Waals surface area contributed by atoms with Crippen LogP contribution in [-0.2, 0) is 0 Å². The molecule has 0 spiro atoms. The standard InChI is InChI=1S/C13H12IN5/c1-7-3-9(4-10-13(7)18-8(2)17-10)19-12-5-11(14)15-6-16-12/h3-6H,1-2H3,(H,17,18)(H,15,16,19). The molecule has 0 amide bonds. The predicted octanol–water partition coefficient (Wildman–Crippen LogP) is 3.32. The molecule has 0 saturated carbocycles. The highest BCUT2D eigenvalue weighted by Crippen LogP contribution is 2.23. The first-order valence-corrected chi connectivity index (χ1v) is 6.91. The first-order chi connectivity index (χ1) is 9.11. The number of halogens is 1. The molecule has 0 fully saturated rings. The molecule has 0 bridgehead atoms. The van der Waals surface area contributed by atoms with Crippen molar-refractivity contribution >= 4 is 45.1 Å². The maximum Gasteiger partial charge on any atom is 0.134 e. The molecule has 0 atom stereocenters. The Hall–Kier alpha value is -1.70. The third kappa shape index (κ3) is 2.53. The lowest BCUT2D eigenvalue weighted by Gasteiger charge is -2.06. The zero-order valence-corrected chi connectivity index (χ0v) is 12.7. The number of imidazole rings is 1. The second-order valence-corrected chi connectivity index (χ2v) is 5.47. The number of nitrogens with zero attached hydrogens (tertiary/aromatic N) is 3. The number of H-pyrrole nitrogens is 1. The van der Waals surface area contributed by atoms with E-state index >= 15 is 0 Å². The van der Waals surface area contributed by atoms with E-state index in [4.69, 9.17) is 0 Å². The third-order valence-electron chi connectivity index (χ3n) is 2.81. The fourth-order valence-electron chi connectivity index (χ4n) is 2.03. The Kier molecular flexibility index (Phi) is 3.09. The van der Waals surface area contributed by atoms with Crippen LogP contribution in [0, 0.1) is 17.5 Å². The smallest absolute Gasteiger partial charge is 0.134 e.